The third-order valence-corrected chi connectivity index (χ3v) is 3.38. The zero-order valence-corrected chi connectivity index (χ0v) is 13.7. The quantitative estimate of drug-likeness (QED) is 0.847. The molecule has 1 heterocycles. The van der Waals surface area contributed by atoms with E-state index in [0.29, 0.717) is 11.1 Å². The maximum absolute atomic E-state index is 13.6. The van der Waals surface area contributed by atoms with Gasteiger partial charge < -0.3 is 14.5 Å². The van der Waals surface area contributed by atoms with Crippen LogP contribution in [0.25, 0.3) is 10.9 Å². The molecular weight excluding hydrogens is 338 g/mol. The number of benzene rings is 1. The first kappa shape index (κ1) is 15.3. The molecule has 0 aliphatic heterocycles. The normalized spacial score (nSPS) is 14.1. The third kappa shape index (κ3) is 2.44. The predicted molar refractivity (Wildman–Crippen MR) is 67.0 cm³/mol. The number of aromatic nitrogens is 1. The van der Waals surface area contributed by atoms with Crippen molar-refractivity contribution in [1.82, 2.24) is 4.57 Å². The van der Waals surface area contributed by atoms with Crippen LogP contribution in [-0.2, 0) is 32.7 Å². The molecule has 1 aliphatic carbocycles. The van der Waals surface area contributed by atoms with Crippen LogP contribution in [0.5, 0.6) is 0 Å². The molecule has 4 nitrogen and oxygen atoms in total. The van der Waals surface area contributed by atoms with E-state index in [-0.39, 0.29) is 49.7 Å². The Morgan fingerprint density at radius 3 is 2.70 bits per heavy atom. The molecule has 101 valence electrons. The fourth-order valence-electron chi connectivity index (χ4n) is 2.20. The smallest absolute Gasteiger partial charge is 0.331 e. The van der Waals surface area contributed by atoms with Crippen molar-refractivity contribution in [3.63, 3.8) is 0 Å². The number of fused-ring (bicyclic) bond motifs is 1. The van der Waals surface area contributed by atoms with Gasteiger partial charge in [-0.2, -0.15) is 0 Å². The second-order valence-electron chi connectivity index (χ2n) is 4.84. The molecule has 0 saturated heterocycles. The molecule has 0 bridgehead atoms. The summed E-state index contributed by atoms with van der Waals surface area (Å²) in [7, 11) is 0. The summed E-state index contributed by atoms with van der Waals surface area (Å²) in [6, 6.07) is 4.15. The maximum Gasteiger partial charge on any atom is 0.331 e. The van der Waals surface area contributed by atoms with E-state index in [4.69, 9.17) is 5.11 Å². The van der Waals surface area contributed by atoms with Gasteiger partial charge in [0.05, 0.1) is 5.56 Å². The Labute approximate surface area is 139 Å². The molecule has 1 aromatic heterocycles. The van der Waals surface area contributed by atoms with E-state index >= 15 is 0 Å². The van der Waals surface area contributed by atoms with Crippen molar-refractivity contribution in [3.8, 4) is 0 Å². The molecule has 1 aliphatic rings. The summed E-state index contributed by atoms with van der Waals surface area (Å²) in [5.74, 6) is -1.91. The van der Waals surface area contributed by atoms with Gasteiger partial charge in [0.25, 0.3) is 0 Å². The van der Waals surface area contributed by atoms with E-state index in [0.717, 1.165) is 12.8 Å². The van der Waals surface area contributed by atoms with Gasteiger partial charge in [-0.15, -0.1) is 6.07 Å². The van der Waals surface area contributed by atoms with Crippen LogP contribution in [0.3, 0.4) is 0 Å². The Kier molecular flexibility index (Phi) is 4.12. The number of hydrogen-bond donors (Lipinski definition) is 1. The summed E-state index contributed by atoms with van der Waals surface area (Å²) in [6.45, 7) is 1.60. The summed E-state index contributed by atoms with van der Waals surface area (Å²) >= 11 is 0. The SMILES string of the molecule is Cc1cc2c([c-]c1F)c(=O)c(C(=O)O)cn2C1CC1.[Y]. The van der Waals surface area contributed by atoms with Crippen LogP contribution in [0.4, 0.5) is 4.39 Å². The molecule has 0 unspecified atom stereocenters. The zero-order valence-electron chi connectivity index (χ0n) is 10.8. The van der Waals surface area contributed by atoms with Gasteiger partial charge in [0.2, 0.25) is 0 Å². The van der Waals surface area contributed by atoms with Crippen LogP contribution in [0.1, 0.15) is 34.8 Å². The molecule has 6 heteroatoms. The molecular formula is C14H11FNO3Y-. The monoisotopic (exact) mass is 349 g/mol. The van der Waals surface area contributed by atoms with E-state index < -0.39 is 17.2 Å². The minimum absolute atomic E-state index is 0. The summed E-state index contributed by atoms with van der Waals surface area (Å²) in [5, 5.41) is 9.06. The Morgan fingerprint density at radius 1 is 1.50 bits per heavy atom. The predicted octanol–water partition coefficient (Wildman–Crippen LogP) is 2.28. The average molecular weight is 349 g/mol. The van der Waals surface area contributed by atoms with Gasteiger partial charge in [-0.05, 0) is 18.4 Å². The number of carboxylic acid groups (broad SMARTS) is 1. The van der Waals surface area contributed by atoms with E-state index in [9.17, 15) is 14.0 Å². The van der Waals surface area contributed by atoms with E-state index in [1.165, 1.54) is 6.20 Å². The molecule has 0 spiro atoms. The van der Waals surface area contributed by atoms with Crippen LogP contribution < -0.4 is 5.43 Å². The summed E-state index contributed by atoms with van der Waals surface area (Å²) in [5.41, 5.74) is -0.0713. The van der Waals surface area contributed by atoms with Crippen LogP contribution >= 0.6 is 0 Å². The van der Waals surface area contributed by atoms with Crippen molar-refractivity contribution >= 4 is 16.9 Å². The van der Waals surface area contributed by atoms with Crippen molar-refractivity contribution < 1.29 is 47.0 Å². The van der Waals surface area contributed by atoms with Gasteiger partial charge in [-0.1, -0.05) is 23.9 Å². The van der Waals surface area contributed by atoms with E-state index in [2.05, 4.69) is 6.07 Å². The van der Waals surface area contributed by atoms with Crippen molar-refractivity contribution in [2.45, 2.75) is 25.8 Å². The fourth-order valence-corrected chi connectivity index (χ4v) is 2.20. The van der Waals surface area contributed by atoms with Crippen molar-refractivity contribution in [3.05, 3.63) is 45.5 Å². The molecule has 0 atom stereocenters. The second-order valence-corrected chi connectivity index (χ2v) is 4.84. The molecule has 1 N–H and O–H groups in total. The number of hydrogen-bond acceptors (Lipinski definition) is 2. The van der Waals surface area contributed by atoms with Crippen molar-refractivity contribution in [1.29, 1.82) is 0 Å². The van der Waals surface area contributed by atoms with Gasteiger partial charge >= 0.3 is 5.97 Å². The largest absolute Gasteiger partial charge is 0.478 e. The number of nitrogens with zero attached hydrogens (tertiary/aromatic N) is 1. The number of aryl methyl sites for hydroxylation is 1. The van der Waals surface area contributed by atoms with Gasteiger partial charge in [-0.3, -0.25) is 0 Å². The van der Waals surface area contributed by atoms with Gasteiger partial charge in [0.1, 0.15) is 5.43 Å². The molecule has 1 fully saturated rings. The number of aromatic carboxylic acids is 1. The topological polar surface area (TPSA) is 59.3 Å². The summed E-state index contributed by atoms with van der Waals surface area (Å²) in [6.07, 6.45) is 3.23. The van der Waals surface area contributed by atoms with Crippen molar-refractivity contribution in [2.24, 2.45) is 0 Å². The minimum atomic E-state index is -1.30. The second kappa shape index (κ2) is 5.37. The van der Waals surface area contributed by atoms with E-state index in [1.807, 2.05) is 0 Å². The third-order valence-electron chi connectivity index (χ3n) is 3.38. The molecule has 0 amide bonds. The first-order chi connectivity index (χ1) is 8.99. The fraction of sp³-hybridized carbons (Fsp3) is 0.286. The van der Waals surface area contributed by atoms with Crippen molar-refractivity contribution in [2.75, 3.05) is 0 Å². The minimum Gasteiger partial charge on any atom is -0.478 e. The summed E-state index contributed by atoms with van der Waals surface area (Å²) in [4.78, 5) is 23.1. The average Bonchev–Trinajstić information content (AvgIpc) is 3.16. The molecule has 2 aromatic rings. The number of carbonyl (C=O) groups is 1. The van der Waals surface area contributed by atoms with Gasteiger partial charge in [0, 0.05) is 50.8 Å². The number of halogens is 1. The van der Waals surface area contributed by atoms with Crippen LogP contribution in [0, 0.1) is 18.8 Å². The van der Waals surface area contributed by atoms with Crippen LogP contribution in [0.2, 0.25) is 0 Å². The number of carboxylic acids is 1. The Balaban J connectivity index is 0.00000147. The molecule has 1 aromatic carbocycles. The molecule has 3 rings (SSSR count). The first-order valence-electron chi connectivity index (χ1n) is 5.99. The van der Waals surface area contributed by atoms with Gasteiger partial charge in [0.15, 0.2) is 0 Å². The number of pyridine rings is 1. The molecule has 1 saturated carbocycles. The molecule has 20 heavy (non-hydrogen) atoms. The summed E-state index contributed by atoms with van der Waals surface area (Å²) < 4.78 is 15.3. The standard InChI is InChI=1S/C14H11FNO3.Y/c1-7-4-12-9(5-11(7)15)13(17)10(14(18)19)6-16(12)8-2-3-8;/h4,6,8H,2-3H2,1H3,(H,18,19);/q-1;. The van der Waals surface area contributed by atoms with E-state index in [1.54, 1.807) is 17.6 Å². The van der Waals surface area contributed by atoms with Crippen LogP contribution in [-0.4, -0.2) is 15.6 Å². The Morgan fingerprint density at radius 2 is 2.15 bits per heavy atom. The Bertz CT molecular complexity index is 765. The first-order valence-corrected chi connectivity index (χ1v) is 5.99. The van der Waals surface area contributed by atoms with Crippen LogP contribution in [0.15, 0.2) is 17.1 Å². The Hall–Kier alpha value is -1.07. The number of rotatable bonds is 2. The zero-order chi connectivity index (χ0) is 13.7. The molecule has 1 radical (unpaired) electrons. The van der Waals surface area contributed by atoms with Gasteiger partial charge in [-0.25, -0.2) is 9.18 Å². The maximum atomic E-state index is 13.6.